The smallest absolute Gasteiger partial charge is 0.139 e. The summed E-state index contributed by atoms with van der Waals surface area (Å²) in [6, 6.07) is 13.1. The molecule has 0 radical (unpaired) electrons. The fourth-order valence-electron chi connectivity index (χ4n) is 1.56. The Hall–Kier alpha value is -1.38. The van der Waals surface area contributed by atoms with Gasteiger partial charge in [0.25, 0.3) is 0 Å². The van der Waals surface area contributed by atoms with Crippen LogP contribution < -0.4 is 10.5 Å². The molecule has 2 aromatic carbocycles. The highest BCUT2D eigenvalue weighted by molar-refractivity contribution is 6.42. The molecule has 0 fully saturated rings. The Bertz CT molecular complexity index is 526. The fourth-order valence-corrected chi connectivity index (χ4v) is 1.91. The topological polar surface area (TPSA) is 35.2 Å². The van der Waals surface area contributed by atoms with Gasteiger partial charge in [-0.05, 0) is 29.8 Å². The van der Waals surface area contributed by atoms with Crippen LogP contribution in [-0.4, -0.2) is 6.61 Å². The molecule has 18 heavy (non-hydrogen) atoms. The number of halogens is 2. The molecule has 0 bridgehead atoms. The van der Waals surface area contributed by atoms with E-state index in [2.05, 4.69) is 0 Å². The summed E-state index contributed by atoms with van der Waals surface area (Å²) in [6.07, 6.45) is 0.795. The van der Waals surface area contributed by atoms with E-state index in [4.69, 9.17) is 33.7 Å². The van der Waals surface area contributed by atoms with Gasteiger partial charge in [0.1, 0.15) is 10.8 Å². The number of nitrogen functional groups attached to an aromatic ring is 1. The molecule has 0 aliphatic heterocycles. The monoisotopic (exact) mass is 281 g/mol. The lowest BCUT2D eigenvalue weighted by molar-refractivity contribution is 0.322. The molecule has 4 heteroatoms. The summed E-state index contributed by atoms with van der Waals surface area (Å²) in [5, 5.41) is 0.957. The Balaban J connectivity index is 1.92. The number of hydrogen-bond donors (Lipinski definition) is 1. The van der Waals surface area contributed by atoms with Crippen molar-refractivity contribution in [1.29, 1.82) is 0 Å². The summed E-state index contributed by atoms with van der Waals surface area (Å²) in [5.41, 5.74) is 7.55. The van der Waals surface area contributed by atoms with Crippen LogP contribution in [0.2, 0.25) is 10.0 Å². The van der Waals surface area contributed by atoms with Gasteiger partial charge >= 0.3 is 0 Å². The summed E-state index contributed by atoms with van der Waals surface area (Å²) >= 11 is 11.9. The molecule has 0 saturated carbocycles. The molecule has 2 N–H and O–H groups in total. The maximum absolute atomic E-state index is 6.02. The minimum Gasteiger partial charge on any atom is -0.492 e. The molecule has 0 unspecified atom stereocenters. The van der Waals surface area contributed by atoms with Crippen LogP contribution in [0.3, 0.4) is 0 Å². The predicted molar refractivity (Wildman–Crippen MR) is 76.5 cm³/mol. The van der Waals surface area contributed by atoms with Crippen molar-refractivity contribution in [1.82, 2.24) is 0 Å². The van der Waals surface area contributed by atoms with Gasteiger partial charge in [0.2, 0.25) is 0 Å². The van der Waals surface area contributed by atoms with Crippen molar-refractivity contribution >= 4 is 28.9 Å². The first-order chi connectivity index (χ1) is 8.66. The zero-order valence-corrected chi connectivity index (χ0v) is 11.2. The molecule has 0 heterocycles. The van der Waals surface area contributed by atoms with E-state index in [1.165, 1.54) is 5.56 Å². The van der Waals surface area contributed by atoms with Crippen LogP contribution in [0, 0.1) is 0 Å². The second-order valence-electron chi connectivity index (χ2n) is 3.89. The molecule has 2 rings (SSSR count). The Morgan fingerprint density at radius 1 is 1.00 bits per heavy atom. The van der Waals surface area contributed by atoms with E-state index in [1.807, 2.05) is 30.3 Å². The van der Waals surface area contributed by atoms with E-state index >= 15 is 0 Å². The van der Waals surface area contributed by atoms with E-state index in [0.29, 0.717) is 22.4 Å². The average molecular weight is 282 g/mol. The first-order valence-corrected chi connectivity index (χ1v) is 6.33. The largest absolute Gasteiger partial charge is 0.492 e. The van der Waals surface area contributed by atoms with Gasteiger partial charge in [0.15, 0.2) is 0 Å². The first kappa shape index (κ1) is 13.1. The van der Waals surface area contributed by atoms with Gasteiger partial charge < -0.3 is 10.5 Å². The maximum Gasteiger partial charge on any atom is 0.139 e. The minimum atomic E-state index is 0.455. The van der Waals surface area contributed by atoms with Crippen molar-refractivity contribution in [2.45, 2.75) is 6.42 Å². The third-order valence-electron chi connectivity index (χ3n) is 2.54. The van der Waals surface area contributed by atoms with Gasteiger partial charge in [-0.15, -0.1) is 0 Å². The van der Waals surface area contributed by atoms with Crippen molar-refractivity contribution in [3.8, 4) is 5.75 Å². The summed E-state index contributed by atoms with van der Waals surface area (Å²) in [7, 11) is 0. The van der Waals surface area contributed by atoms with Crippen LogP contribution in [0.25, 0.3) is 0 Å². The van der Waals surface area contributed by atoms with E-state index in [0.717, 1.165) is 12.1 Å². The fraction of sp³-hybridized carbons (Fsp3) is 0.143. The van der Waals surface area contributed by atoms with Crippen LogP contribution >= 0.6 is 23.2 Å². The molecule has 0 aliphatic carbocycles. The number of rotatable bonds is 4. The molecule has 0 spiro atoms. The highest BCUT2D eigenvalue weighted by atomic mass is 35.5. The zero-order valence-electron chi connectivity index (χ0n) is 9.70. The van der Waals surface area contributed by atoms with Crippen LogP contribution in [0.15, 0.2) is 42.5 Å². The first-order valence-electron chi connectivity index (χ1n) is 5.58. The highest BCUT2D eigenvalue weighted by Crippen LogP contribution is 2.31. The average Bonchev–Trinajstić information content (AvgIpc) is 2.37. The summed E-state index contributed by atoms with van der Waals surface area (Å²) < 4.78 is 5.60. The summed E-state index contributed by atoms with van der Waals surface area (Å²) in [6.45, 7) is 0.546. The SMILES string of the molecule is Nc1ccc(CCOc2cccc(Cl)c2Cl)cc1. The number of anilines is 1. The Kier molecular flexibility index (Phi) is 4.34. The molecule has 0 atom stereocenters. The molecule has 94 valence electrons. The molecule has 2 aromatic rings. The van der Waals surface area contributed by atoms with E-state index in [1.54, 1.807) is 12.1 Å². The summed E-state index contributed by atoms with van der Waals surface area (Å²) in [4.78, 5) is 0. The number of nitrogens with two attached hydrogens (primary N) is 1. The zero-order chi connectivity index (χ0) is 13.0. The third kappa shape index (κ3) is 3.31. The lowest BCUT2D eigenvalue weighted by Crippen LogP contribution is -2.02. The standard InChI is InChI=1S/C14H13Cl2NO/c15-12-2-1-3-13(14(12)16)18-9-8-10-4-6-11(17)7-5-10/h1-7H,8-9,17H2. The Labute approximate surface area is 116 Å². The van der Waals surface area contributed by atoms with Crippen molar-refractivity contribution in [2.24, 2.45) is 0 Å². The van der Waals surface area contributed by atoms with Gasteiger partial charge in [-0.2, -0.15) is 0 Å². The highest BCUT2D eigenvalue weighted by Gasteiger charge is 2.04. The van der Waals surface area contributed by atoms with Crippen LogP contribution in [0.4, 0.5) is 5.69 Å². The van der Waals surface area contributed by atoms with Gasteiger partial charge in [-0.25, -0.2) is 0 Å². The molecule has 0 amide bonds. The van der Waals surface area contributed by atoms with Gasteiger partial charge in [-0.1, -0.05) is 41.4 Å². The van der Waals surface area contributed by atoms with Gasteiger partial charge in [-0.3, -0.25) is 0 Å². The normalized spacial score (nSPS) is 10.3. The maximum atomic E-state index is 6.02. The lowest BCUT2D eigenvalue weighted by Gasteiger charge is -2.08. The Morgan fingerprint density at radius 3 is 2.44 bits per heavy atom. The van der Waals surface area contributed by atoms with Crippen molar-refractivity contribution in [2.75, 3.05) is 12.3 Å². The number of ether oxygens (including phenoxy) is 1. The second kappa shape index (κ2) is 5.98. The van der Waals surface area contributed by atoms with Crippen molar-refractivity contribution in [3.05, 3.63) is 58.1 Å². The molecule has 2 nitrogen and oxygen atoms in total. The molecule has 0 saturated heterocycles. The minimum absolute atomic E-state index is 0.455. The predicted octanol–water partition coefficient (Wildman–Crippen LogP) is 4.20. The third-order valence-corrected chi connectivity index (χ3v) is 3.35. The van der Waals surface area contributed by atoms with Crippen LogP contribution in [0.1, 0.15) is 5.56 Å². The lowest BCUT2D eigenvalue weighted by atomic mass is 10.1. The molecular weight excluding hydrogens is 269 g/mol. The quantitative estimate of drug-likeness (QED) is 0.853. The molecule has 0 aliphatic rings. The Morgan fingerprint density at radius 2 is 1.72 bits per heavy atom. The van der Waals surface area contributed by atoms with Crippen LogP contribution in [-0.2, 0) is 6.42 Å². The van der Waals surface area contributed by atoms with Crippen LogP contribution in [0.5, 0.6) is 5.75 Å². The second-order valence-corrected chi connectivity index (χ2v) is 4.68. The van der Waals surface area contributed by atoms with E-state index in [-0.39, 0.29) is 0 Å². The van der Waals surface area contributed by atoms with E-state index < -0.39 is 0 Å². The van der Waals surface area contributed by atoms with Crippen molar-refractivity contribution < 1.29 is 4.74 Å². The molecule has 0 aromatic heterocycles. The summed E-state index contributed by atoms with van der Waals surface area (Å²) in [5.74, 6) is 0.611. The van der Waals surface area contributed by atoms with E-state index in [9.17, 15) is 0 Å². The van der Waals surface area contributed by atoms with Gasteiger partial charge in [0.05, 0.1) is 11.6 Å². The number of hydrogen-bond acceptors (Lipinski definition) is 2. The van der Waals surface area contributed by atoms with Crippen molar-refractivity contribution in [3.63, 3.8) is 0 Å². The van der Waals surface area contributed by atoms with Gasteiger partial charge in [0, 0.05) is 12.1 Å². The number of benzene rings is 2. The molecular formula is C14H13Cl2NO.